The zero-order valence-electron chi connectivity index (χ0n) is 9.41. The molecule has 2 heterocycles. The Morgan fingerprint density at radius 2 is 2.17 bits per heavy atom. The summed E-state index contributed by atoms with van der Waals surface area (Å²) in [6, 6.07) is 2.92. The topological polar surface area (TPSA) is 110 Å². The molecule has 0 aliphatic heterocycles. The van der Waals surface area contributed by atoms with E-state index in [0.29, 0.717) is 5.13 Å². The molecular weight excluding hydrogens is 274 g/mol. The molecule has 0 aromatic carbocycles. The lowest BCUT2D eigenvalue weighted by molar-refractivity contribution is 0.601. The van der Waals surface area contributed by atoms with Gasteiger partial charge in [0.2, 0.25) is 0 Å². The lowest BCUT2D eigenvalue weighted by atomic mass is 10.5. The van der Waals surface area contributed by atoms with Crippen molar-refractivity contribution in [2.75, 3.05) is 10.1 Å². The van der Waals surface area contributed by atoms with Crippen molar-refractivity contribution < 1.29 is 8.42 Å². The number of nitrogen functional groups attached to an aromatic ring is 1. The van der Waals surface area contributed by atoms with E-state index in [4.69, 9.17) is 5.84 Å². The Kier molecular flexibility index (Phi) is 3.45. The highest BCUT2D eigenvalue weighted by Crippen LogP contribution is 2.23. The second-order valence-corrected chi connectivity index (χ2v) is 6.26. The molecule has 9 heteroatoms. The summed E-state index contributed by atoms with van der Waals surface area (Å²) in [6.07, 6.45) is 3.04. The molecule has 4 N–H and O–H groups in total. The second kappa shape index (κ2) is 4.88. The van der Waals surface area contributed by atoms with Gasteiger partial charge < -0.3 is 5.43 Å². The van der Waals surface area contributed by atoms with Crippen LogP contribution >= 0.6 is 11.3 Å². The van der Waals surface area contributed by atoms with Crippen LogP contribution in [0.4, 0.5) is 10.9 Å². The van der Waals surface area contributed by atoms with Gasteiger partial charge in [0.25, 0.3) is 10.0 Å². The number of anilines is 2. The lowest BCUT2D eigenvalue weighted by Gasteiger charge is -2.08. The number of aromatic nitrogens is 2. The maximum absolute atomic E-state index is 12.1. The first-order valence-corrected chi connectivity index (χ1v) is 7.20. The van der Waals surface area contributed by atoms with E-state index < -0.39 is 10.0 Å². The summed E-state index contributed by atoms with van der Waals surface area (Å²) in [5.41, 5.74) is 2.25. The smallest absolute Gasteiger partial charge is 0.267 e. The number of nitrogens with one attached hydrogen (secondary N) is 2. The van der Waals surface area contributed by atoms with Crippen molar-refractivity contribution in [2.24, 2.45) is 5.84 Å². The van der Waals surface area contributed by atoms with Crippen molar-refractivity contribution >= 4 is 32.3 Å². The summed E-state index contributed by atoms with van der Waals surface area (Å²) in [6.45, 7) is 1.84. The molecule has 0 unspecified atom stereocenters. The van der Waals surface area contributed by atoms with Gasteiger partial charge in [0, 0.05) is 17.3 Å². The van der Waals surface area contributed by atoms with E-state index in [1.165, 1.54) is 29.7 Å². The maximum Gasteiger partial charge on any atom is 0.267 e. The average molecular weight is 285 g/mol. The van der Waals surface area contributed by atoms with Crippen LogP contribution in [0.15, 0.2) is 29.4 Å². The highest BCUT2D eigenvalue weighted by molar-refractivity contribution is 7.93. The van der Waals surface area contributed by atoms with Crippen molar-refractivity contribution in [3.63, 3.8) is 0 Å². The van der Waals surface area contributed by atoms with Gasteiger partial charge in [0.05, 0.1) is 0 Å². The summed E-state index contributed by atoms with van der Waals surface area (Å²) >= 11 is 1.25. The second-order valence-electron chi connectivity index (χ2n) is 3.38. The first-order chi connectivity index (χ1) is 8.53. The Morgan fingerprint density at radius 1 is 1.39 bits per heavy atom. The summed E-state index contributed by atoms with van der Waals surface area (Å²) in [4.78, 5) is 8.66. The SMILES string of the molecule is Cc1cnc(NS(=O)(=O)c2cccnc2NN)s1. The molecule has 0 radical (unpaired) electrons. The Balaban J connectivity index is 2.36. The van der Waals surface area contributed by atoms with E-state index >= 15 is 0 Å². The van der Waals surface area contributed by atoms with Crippen molar-refractivity contribution in [1.82, 2.24) is 9.97 Å². The van der Waals surface area contributed by atoms with Crippen molar-refractivity contribution in [3.8, 4) is 0 Å². The van der Waals surface area contributed by atoms with Gasteiger partial charge in [-0.05, 0) is 19.1 Å². The quantitative estimate of drug-likeness (QED) is 0.569. The molecule has 0 aliphatic rings. The largest absolute Gasteiger partial charge is 0.307 e. The minimum Gasteiger partial charge on any atom is -0.307 e. The Hall–Kier alpha value is -1.71. The fourth-order valence-corrected chi connectivity index (χ4v) is 3.32. The molecule has 2 aromatic rings. The van der Waals surface area contributed by atoms with Gasteiger partial charge in [-0.25, -0.2) is 24.2 Å². The number of thiazole rings is 1. The molecule has 96 valence electrons. The monoisotopic (exact) mass is 285 g/mol. The molecule has 0 saturated carbocycles. The number of aryl methyl sites for hydroxylation is 1. The van der Waals surface area contributed by atoms with E-state index in [9.17, 15) is 8.42 Å². The Morgan fingerprint density at radius 3 is 2.78 bits per heavy atom. The van der Waals surface area contributed by atoms with E-state index in [1.54, 1.807) is 6.20 Å². The molecule has 0 saturated heterocycles. The van der Waals surface area contributed by atoms with E-state index in [-0.39, 0.29) is 10.7 Å². The molecule has 7 nitrogen and oxygen atoms in total. The highest BCUT2D eigenvalue weighted by atomic mass is 32.2. The van der Waals surface area contributed by atoms with Gasteiger partial charge >= 0.3 is 0 Å². The van der Waals surface area contributed by atoms with Gasteiger partial charge in [-0.2, -0.15) is 0 Å². The van der Waals surface area contributed by atoms with Crippen molar-refractivity contribution in [2.45, 2.75) is 11.8 Å². The van der Waals surface area contributed by atoms with Crippen LogP contribution in [0.5, 0.6) is 0 Å². The van der Waals surface area contributed by atoms with E-state index in [1.807, 2.05) is 6.92 Å². The van der Waals surface area contributed by atoms with Crippen LogP contribution in [-0.2, 0) is 10.0 Å². The van der Waals surface area contributed by atoms with E-state index in [0.717, 1.165) is 4.88 Å². The predicted octanol–water partition coefficient (Wildman–Crippen LogP) is 0.933. The molecule has 2 rings (SSSR count). The van der Waals surface area contributed by atoms with Crippen LogP contribution in [0.2, 0.25) is 0 Å². The van der Waals surface area contributed by atoms with Crippen molar-refractivity contribution in [1.29, 1.82) is 0 Å². The Labute approximate surface area is 108 Å². The van der Waals surface area contributed by atoms with E-state index in [2.05, 4.69) is 20.1 Å². The first-order valence-electron chi connectivity index (χ1n) is 4.90. The third-order valence-corrected chi connectivity index (χ3v) is 4.37. The van der Waals surface area contributed by atoms with Crippen LogP contribution in [0.3, 0.4) is 0 Å². The molecule has 2 aromatic heterocycles. The third kappa shape index (κ3) is 2.58. The molecule has 18 heavy (non-hydrogen) atoms. The van der Waals surface area contributed by atoms with Gasteiger partial charge in [0.15, 0.2) is 10.9 Å². The minimum atomic E-state index is -3.75. The van der Waals surface area contributed by atoms with Crippen molar-refractivity contribution in [3.05, 3.63) is 29.4 Å². The van der Waals surface area contributed by atoms with Gasteiger partial charge in [-0.3, -0.25) is 4.72 Å². The molecular formula is C9H11N5O2S2. The Bertz CT molecular complexity index is 652. The van der Waals surface area contributed by atoms with Crippen LogP contribution in [-0.4, -0.2) is 18.4 Å². The number of hydrogen-bond donors (Lipinski definition) is 3. The zero-order chi connectivity index (χ0) is 13.2. The molecule has 0 fully saturated rings. The summed E-state index contributed by atoms with van der Waals surface area (Å²) < 4.78 is 26.6. The van der Waals surface area contributed by atoms with Gasteiger partial charge in [-0.1, -0.05) is 0 Å². The predicted molar refractivity (Wildman–Crippen MR) is 69.7 cm³/mol. The number of sulfonamides is 1. The zero-order valence-corrected chi connectivity index (χ0v) is 11.0. The van der Waals surface area contributed by atoms with Gasteiger partial charge in [0.1, 0.15) is 4.90 Å². The molecule has 0 aliphatic carbocycles. The van der Waals surface area contributed by atoms with Crippen LogP contribution < -0.4 is 16.0 Å². The standard InChI is InChI=1S/C9H11N5O2S2/c1-6-5-12-9(17-6)14-18(15,16)7-3-2-4-11-8(7)13-10/h2-5H,10H2,1H3,(H,11,13)(H,12,14). The minimum absolute atomic E-state index is 0.0275. The average Bonchev–Trinajstić information content (AvgIpc) is 2.74. The molecule has 0 atom stereocenters. The number of nitrogens with zero attached hydrogens (tertiary/aromatic N) is 2. The fourth-order valence-electron chi connectivity index (χ4n) is 1.29. The van der Waals surface area contributed by atoms with Crippen LogP contribution in [0.1, 0.15) is 4.88 Å². The lowest BCUT2D eigenvalue weighted by Crippen LogP contribution is -2.18. The molecule has 0 amide bonds. The number of rotatable bonds is 4. The fraction of sp³-hybridized carbons (Fsp3) is 0.111. The summed E-state index contributed by atoms with van der Waals surface area (Å²) in [7, 11) is -3.75. The maximum atomic E-state index is 12.1. The first kappa shape index (κ1) is 12.7. The number of nitrogens with two attached hydrogens (primary N) is 1. The third-order valence-electron chi connectivity index (χ3n) is 2.04. The molecule has 0 spiro atoms. The van der Waals surface area contributed by atoms with Crippen LogP contribution in [0, 0.1) is 6.92 Å². The number of hydrogen-bond acceptors (Lipinski definition) is 7. The highest BCUT2D eigenvalue weighted by Gasteiger charge is 2.20. The normalized spacial score (nSPS) is 11.2. The summed E-state index contributed by atoms with van der Waals surface area (Å²) in [5, 5.41) is 0.305. The summed E-state index contributed by atoms with van der Waals surface area (Å²) in [5.74, 6) is 5.31. The van der Waals surface area contributed by atoms with Crippen LogP contribution in [0.25, 0.3) is 0 Å². The number of hydrazine groups is 1. The van der Waals surface area contributed by atoms with Gasteiger partial charge in [-0.15, -0.1) is 11.3 Å². The number of pyridine rings is 1. The molecule has 0 bridgehead atoms.